The minimum atomic E-state index is -0.749. The molecule has 1 rings (SSSR count). The molecule has 0 radical (unpaired) electrons. The highest BCUT2D eigenvalue weighted by molar-refractivity contribution is 9.12. The van der Waals surface area contributed by atoms with Gasteiger partial charge in [-0.15, -0.1) is 11.3 Å². The molecule has 0 aliphatic heterocycles. The van der Waals surface area contributed by atoms with Crippen LogP contribution in [0.4, 0.5) is 0 Å². The fraction of sp³-hybridized carbons (Fsp3) is 0.500. The molecular formula is C12H15Br2NO3S. The Balaban J connectivity index is 2.14. The quantitative estimate of drug-likeness (QED) is 0.633. The van der Waals surface area contributed by atoms with Gasteiger partial charge in [0.2, 0.25) is 0 Å². The van der Waals surface area contributed by atoms with E-state index in [4.69, 9.17) is 5.11 Å². The molecule has 0 bridgehead atoms. The standard InChI is InChI=1S/C12H15Br2NO3S/c13-9-7-8(11(14)19-9)12(18)15-6-4-2-1-3-5-10(16)17/h7H,1-6H2,(H,15,18)(H,16,17). The van der Waals surface area contributed by atoms with Crippen molar-refractivity contribution in [1.29, 1.82) is 0 Å². The van der Waals surface area contributed by atoms with Crippen molar-refractivity contribution in [2.45, 2.75) is 32.1 Å². The van der Waals surface area contributed by atoms with Gasteiger partial charge in [0.05, 0.1) is 13.1 Å². The second-order valence-corrected chi connectivity index (χ2v) is 7.80. The number of carboxylic acids is 1. The molecule has 2 N–H and O–H groups in total. The number of carboxylic acid groups (broad SMARTS) is 1. The molecule has 0 spiro atoms. The van der Waals surface area contributed by atoms with Gasteiger partial charge >= 0.3 is 5.97 Å². The van der Waals surface area contributed by atoms with Gasteiger partial charge in [0.25, 0.3) is 5.91 Å². The lowest BCUT2D eigenvalue weighted by Crippen LogP contribution is -2.24. The number of hydrogen-bond acceptors (Lipinski definition) is 3. The first-order valence-electron chi connectivity index (χ1n) is 5.95. The van der Waals surface area contributed by atoms with Crippen molar-refractivity contribution in [3.63, 3.8) is 0 Å². The van der Waals surface area contributed by atoms with E-state index < -0.39 is 5.97 Å². The summed E-state index contributed by atoms with van der Waals surface area (Å²) in [5.74, 6) is -0.833. The molecule has 0 aliphatic rings. The Labute approximate surface area is 132 Å². The summed E-state index contributed by atoms with van der Waals surface area (Å²) in [6, 6.07) is 1.79. The number of hydrogen-bond donors (Lipinski definition) is 2. The Hall–Kier alpha value is -0.400. The summed E-state index contributed by atoms with van der Waals surface area (Å²) in [6.45, 7) is 0.617. The van der Waals surface area contributed by atoms with Gasteiger partial charge in [-0.3, -0.25) is 9.59 Å². The Morgan fingerprint density at radius 1 is 1.21 bits per heavy atom. The third-order valence-electron chi connectivity index (χ3n) is 2.50. The van der Waals surface area contributed by atoms with Crippen molar-refractivity contribution in [2.24, 2.45) is 0 Å². The molecule has 7 heteroatoms. The third kappa shape index (κ3) is 6.54. The maximum Gasteiger partial charge on any atom is 0.303 e. The lowest BCUT2D eigenvalue weighted by atomic mass is 10.1. The van der Waals surface area contributed by atoms with Gasteiger partial charge in [0.15, 0.2) is 0 Å². The van der Waals surface area contributed by atoms with E-state index in [1.54, 1.807) is 6.07 Å². The third-order valence-corrected chi connectivity index (χ3v) is 4.84. The lowest BCUT2D eigenvalue weighted by Gasteiger charge is -2.04. The zero-order valence-corrected chi connectivity index (χ0v) is 14.2. The number of unbranched alkanes of at least 4 members (excludes halogenated alkanes) is 3. The van der Waals surface area contributed by atoms with E-state index in [-0.39, 0.29) is 12.3 Å². The maximum atomic E-state index is 11.8. The predicted octanol–water partition coefficient (Wildman–Crippen LogP) is 4.04. The Bertz CT molecular complexity index is 448. The lowest BCUT2D eigenvalue weighted by molar-refractivity contribution is -0.137. The van der Waals surface area contributed by atoms with Crippen LogP contribution in [0.3, 0.4) is 0 Å². The van der Waals surface area contributed by atoms with Crippen molar-refractivity contribution in [3.05, 3.63) is 19.2 Å². The first-order chi connectivity index (χ1) is 9.00. The highest BCUT2D eigenvalue weighted by Crippen LogP contribution is 2.31. The smallest absolute Gasteiger partial charge is 0.303 e. The van der Waals surface area contributed by atoms with Crippen molar-refractivity contribution < 1.29 is 14.7 Å². The van der Waals surface area contributed by atoms with E-state index in [0.717, 1.165) is 26.8 Å². The van der Waals surface area contributed by atoms with E-state index in [0.29, 0.717) is 18.5 Å². The monoisotopic (exact) mass is 411 g/mol. The SMILES string of the molecule is O=C(O)CCCCCCNC(=O)c1cc(Br)sc1Br. The van der Waals surface area contributed by atoms with Crippen LogP contribution in [0, 0.1) is 0 Å². The number of halogens is 2. The average Bonchev–Trinajstić information content (AvgIpc) is 2.66. The van der Waals surface area contributed by atoms with Crippen LogP contribution in [-0.4, -0.2) is 23.5 Å². The van der Waals surface area contributed by atoms with E-state index in [2.05, 4.69) is 37.2 Å². The number of nitrogens with one attached hydrogen (secondary N) is 1. The van der Waals surface area contributed by atoms with Gasteiger partial charge in [0, 0.05) is 13.0 Å². The maximum absolute atomic E-state index is 11.8. The van der Waals surface area contributed by atoms with Crippen LogP contribution >= 0.6 is 43.2 Å². The van der Waals surface area contributed by atoms with E-state index in [1.807, 2.05) is 0 Å². The summed E-state index contributed by atoms with van der Waals surface area (Å²) in [5.41, 5.74) is 0.641. The minimum Gasteiger partial charge on any atom is -0.481 e. The summed E-state index contributed by atoms with van der Waals surface area (Å²) in [4.78, 5) is 22.1. The molecule has 1 heterocycles. The number of aliphatic carboxylic acids is 1. The van der Waals surface area contributed by atoms with Crippen molar-refractivity contribution in [3.8, 4) is 0 Å². The zero-order valence-electron chi connectivity index (χ0n) is 10.2. The molecule has 19 heavy (non-hydrogen) atoms. The first-order valence-corrected chi connectivity index (χ1v) is 8.36. The molecule has 106 valence electrons. The van der Waals surface area contributed by atoms with E-state index in [1.165, 1.54) is 11.3 Å². The van der Waals surface area contributed by atoms with Gasteiger partial charge in [-0.05, 0) is 50.8 Å². The predicted molar refractivity (Wildman–Crippen MR) is 82.8 cm³/mol. The van der Waals surface area contributed by atoms with Gasteiger partial charge in [-0.1, -0.05) is 12.8 Å². The van der Waals surface area contributed by atoms with Crippen LogP contribution in [0.25, 0.3) is 0 Å². The van der Waals surface area contributed by atoms with Crippen LogP contribution in [0.15, 0.2) is 13.6 Å². The Morgan fingerprint density at radius 2 is 1.89 bits per heavy atom. The molecule has 1 aromatic heterocycles. The minimum absolute atomic E-state index is 0.0839. The summed E-state index contributed by atoms with van der Waals surface area (Å²) < 4.78 is 1.73. The fourth-order valence-electron chi connectivity index (χ4n) is 1.55. The van der Waals surface area contributed by atoms with Gasteiger partial charge < -0.3 is 10.4 Å². The van der Waals surface area contributed by atoms with Crippen LogP contribution < -0.4 is 5.32 Å². The molecule has 0 atom stereocenters. The molecule has 0 aromatic carbocycles. The number of amides is 1. The number of rotatable bonds is 8. The van der Waals surface area contributed by atoms with Crippen LogP contribution in [0.5, 0.6) is 0 Å². The van der Waals surface area contributed by atoms with Gasteiger partial charge in [-0.2, -0.15) is 0 Å². The molecular weight excluding hydrogens is 398 g/mol. The number of thiophene rings is 1. The zero-order chi connectivity index (χ0) is 14.3. The number of carbonyl (C=O) groups is 2. The molecule has 0 aliphatic carbocycles. The summed E-state index contributed by atoms with van der Waals surface area (Å²) in [6.07, 6.45) is 3.61. The number of carbonyl (C=O) groups excluding carboxylic acids is 1. The molecule has 0 saturated heterocycles. The summed E-state index contributed by atoms with van der Waals surface area (Å²) in [7, 11) is 0. The first kappa shape index (κ1) is 16.7. The highest BCUT2D eigenvalue weighted by atomic mass is 79.9. The van der Waals surface area contributed by atoms with Crippen LogP contribution in [-0.2, 0) is 4.79 Å². The molecule has 0 fully saturated rings. The second kappa shape index (κ2) is 8.71. The topological polar surface area (TPSA) is 66.4 Å². The molecule has 0 unspecified atom stereocenters. The van der Waals surface area contributed by atoms with Gasteiger partial charge in [-0.25, -0.2) is 0 Å². The van der Waals surface area contributed by atoms with Gasteiger partial charge in [0.1, 0.15) is 0 Å². The van der Waals surface area contributed by atoms with Crippen LogP contribution in [0.2, 0.25) is 0 Å². The Morgan fingerprint density at radius 3 is 2.47 bits per heavy atom. The van der Waals surface area contributed by atoms with E-state index >= 15 is 0 Å². The molecule has 4 nitrogen and oxygen atoms in total. The molecule has 1 amide bonds. The largest absolute Gasteiger partial charge is 0.481 e. The molecule has 1 aromatic rings. The summed E-state index contributed by atoms with van der Waals surface area (Å²) in [5, 5.41) is 11.3. The fourth-order valence-corrected chi connectivity index (χ4v) is 4.34. The second-order valence-electron chi connectivity index (χ2n) is 4.05. The van der Waals surface area contributed by atoms with E-state index in [9.17, 15) is 9.59 Å². The Kier molecular flexibility index (Phi) is 7.63. The average molecular weight is 413 g/mol. The van der Waals surface area contributed by atoms with Crippen molar-refractivity contribution in [1.82, 2.24) is 5.32 Å². The highest BCUT2D eigenvalue weighted by Gasteiger charge is 2.12. The van der Waals surface area contributed by atoms with Crippen molar-refractivity contribution >= 4 is 55.1 Å². The summed E-state index contributed by atoms with van der Waals surface area (Å²) >= 11 is 8.15. The van der Waals surface area contributed by atoms with Crippen LogP contribution in [0.1, 0.15) is 42.5 Å². The normalized spacial score (nSPS) is 10.4. The molecule has 0 saturated carbocycles. The van der Waals surface area contributed by atoms with Crippen molar-refractivity contribution in [2.75, 3.05) is 6.54 Å².